The van der Waals surface area contributed by atoms with Crippen LogP contribution < -0.4 is 9.80 Å². The quantitative estimate of drug-likeness (QED) is 0.642. The average molecular weight is 427 g/mol. The Morgan fingerprint density at radius 3 is 2.60 bits per heavy atom. The number of aromatic nitrogens is 3. The van der Waals surface area contributed by atoms with Gasteiger partial charge in [-0.3, -0.25) is 4.79 Å². The van der Waals surface area contributed by atoms with E-state index in [9.17, 15) is 9.18 Å². The molecule has 2 aliphatic rings. The van der Waals surface area contributed by atoms with Gasteiger partial charge in [0.25, 0.3) is 0 Å². The molecule has 0 bridgehead atoms. The number of piperazine rings is 1. The van der Waals surface area contributed by atoms with Crippen LogP contribution in [0.4, 0.5) is 15.5 Å². The number of fused-ring (bicyclic) bond motifs is 1. The molecule has 4 heterocycles. The SMILES string of the molecule is O=C(C1CCCN(c2nc3c(F)cccc3s2)C1)N1CCN(c2ncccn2)CC1. The number of para-hydroxylation sites is 1. The predicted octanol–water partition coefficient (Wildman–Crippen LogP) is 2.79. The lowest BCUT2D eigenvalue weighted by Gasteiger charge is -2.39. The monoisotopic (exact) mass is 426 g/mol. The summed E-state index contributed by atoms with van der Waals surface area (Å²) in [6.07, 6.45) is 5.30. The summed E-state index contributed by atoms with van der Waals surface area (Å²) in [6, 6.07) is 6.84. The van der Waals surface area contributed by atoms with E-state index < -0.39 is 0 Å². The first-order chi connectivity index (χ1) is 14.7. The number of halogens is 1. The highest BCUT2D eigenvalue weighted by molar-refractivity contribution is 7.22. The van der Waals surface area contributed by atoms with Gasteiger partial charge in [-0.25, -0.2) is 19.3 Å². The van der Waals surface area contributed by atoms with E-state index in [-0.39, 0.29) is 17.6 Å². The zero-order valence-electron chi connectivity index (χ0n) is 16.6. The van der Waals surface area contributed by atoms with Crippen molar-refractivity contribution < 1.29 is 9.18 Å². The lowest BCUT2D eigenvalue weighted by atomic mass is 9.96. The van der Waals surface area contributed by atoms with E-state index >= 15 is 0 Å². The minimum absolute atomic E-state index is 0.0462. The molecule has 1 atom stereocenters. The van der Waals surface area contributed by atoms with Crippen molar-refractivity contribution in [1.29, 1.82) is 0 Å². The van der Waals surface area contributed by atoms with Gasteiger partial charge in [-0.05, 0) is 31.0 Å². The van der Waals surface area contributed by atoms with Crippen molar-refractivity contribution >= 4 is 38.5 Å². The van der Waals surface area contributed by atoms with E-state index in [4.69, 9.17) is 0 Å². The van der Waals surface area contributed by atoms with Crippen LogP contribution in [0.25, 0.3) is 10.2 Å². The molecule has 0 radical (unpaired) electrons. The molecule has 1 unspecified atom stereocenters. The molecule has 1 aromatic carbocycles. The fourth-order valence-corrected chi connectivity index (χ4v) is 5.25. The Balaban J connectivity index is 1.23. The molecule has 1 amide bonds. The number of hydrogen-bond acceptors (Lipinski definition) is 7. The fraction of sp³-hybridized carbons (Fsp3) is 0.429. The zero-order valence-corrected chi connectivity index (χ0v) is 17.4. The third-order valence-electron chi connectivity index (χ3n) is 5.83. The first-order valence-corrected chi connectivity index (χ1v) is 11.1. The number of amides is 1. The molecule has 0 aliphatic carbocycles. The van der Waals surface area contributed by atoms with Gasteiger partial charge < -0.3 is 14.7 Å². The molecule has 0 saturated carbocycles. The molecular weight excluding hydrogens is 403 g/mol. The number of hydrogen-bond donors (Lipinski definition) is 0. The summed E-state index contributed by atoms with van der Waals surface area (Å²) < 4.78 is 14.9. The van der Waals surface area contributed by atoms with E-state index in [0.717, 1.165) is 48.3 Å². The number of carbonyl (C=O) groups is 1. The van der Waals surface area contributed by atoms with Gasteiger partial charge in [0.2, 0.25) is 11.9 Å². The second-order valence-corrected chi connectivity index (χ2v) is 8.74. The number of thiazole rings is 1. The Morgan fingerprint density at radius 2 is 1.83 bits per heavy atom. The molecular formula is C21H23FN6OS. The van der Waals surface area contributed by atoms with E-state index in [1.54, 1.807) is 24.5 Å². The predicted molar refractivity (Wildman–Crippen MR) is 115 cm³/mol. The fourth-order valence-electron chi connectivity index (χ4n) is 4.23. The first kappa shape index (κ1) is 19.2. The Morgan fingerprint density at radius 1 is 1.03 bits per heavy atom. The summed E-state index contributed by atoms with van der Waals surface area (Å²) in [5.74, 6) is 0.590. The molecule has 2 aliphatic heterocycles. The lowest BCUT2D eigenvalue weighted by molar-refractivity contribution is -0.136. The highest BCUT2D eigenvalue weighted by Gasteiger charge is 2.32. The van der Waals surface area contributed by atoms with Crippen molar-refractivity contribution in [3.8, 4) is 0 Å². The molecule has 9 heteroatoms. The van der Waals surface area contributed by atoms with Crippen molar-refractivity contribution in [2.75, 3.05) is 49.1 Å². The summed E-state index contributed by atoms with van der Waals surface area (Å²) >= 11 is 1.49. The molecule has 3 aromatic rings. The molecule has 2 fully saturated rings. The summed E-state index contributed by atoms with van der Waals surface area (Å²) in [7, 11) is 0. The maximum Gasteiger partial charge on any atom is 0.227 e. The van der Waals surface area contributed by atoms with Gasteiger partial charge in [-0.15, -0.1) is 0 Å². The number of anilines is 2. The van der Waals surface area contributed by atoms with Crippen molar-refractivity contribution in [3.05, 3.63) is 42.5 Å². The standard InChI is InChI=1S/C21H23FN6OS/c22-16-5-1-6-17-18(16)25-21(30-17)28-9-2-4-15(14-28)19(29)26-10-12-27(13-11-26)20-23-7-3-8-24-20/h1,3,5-8,15H,2,4,9-14H2. The summed E-state index contributed by atoms with van der Waals surface area (Å²) in [6.45, 7) is 4.33. The van der Waals surface area contributed by atoms with E-state index in [1.165, 1.54) is 17.4 Å². The van der Waals surface area contributed by atoms with E-state index in [1.807, 2.05) is 11.0 Å². The van der Waals surface area contributed by atoms with Gasteiger partial charge in [0.1, 0.15) is 11.3 Å². The summed E-state index contributed by atoms with van der Waals surface area (Å²) in [5, 5.41) is 0.804. The number of nitrogens with zero attached hydrogens (tertiary/aromatic N) is 6. The first-order valence-electron chi connectivity index (χ1n) is 10.3. The Kier molecular flexibility index (Phi) is 5.20. The van der Waals surface area contributed by atoms with Crippen molar-refractivity contribution in [2.45, 2.75) is 12.8 Å². The van der Waals surface area contributed by atoms with Crippen LogP contribution in [-0.2, 0) is 4.79 Å². The largest absolute Gasteiger partial charge is 0.347 e. The van der Waals surface area contributed by atoms with Gasteiger partial charge in [-0.2, -0.15) is 0 Å². The van der Waals surface area contributed by atoms with Crippen molar-refractivity contribution in [3.63, 3.8) is 0 Å². The van der Waals surface area contributed by atoms with Crippen LogP contribution in [0.15, 0.2) is 36.7 Å². The highest BCUT2D eigenvalue weighted by atomic mass is 32.1. The van der Waals surface area contributed by atoms with E-state index in [0.29, 0.717) is 25.2 Å². The van der Waals surface area contributed by atoms with Crippen molar-refractivity contribution in [1.82, 2.24) is 19.9 Å². The van der Waals surface area contributed by atoms with Crippen LogP contribution in [0.5, 0.6) is 0 Å². The van der Waals surface area contributed by atoms with Crippen LogP contribution in [0.2, 0.25) is 0 Å². The third kappa shape index (κ3) is 3.69. The van der Waals surface area contributed by atoms with E-state index in [2.05, 4.69) is 24.8 Å². The highest BCUT2D eigenvalue weighted by Crippen LogP contribution is 2.33. The van der Waals surface area contributed by atoms with Gasteiger partial charge in [0.15, 0.2) is 5.13 Å². The van der Waals surface area contributed by atoms with Crippen molar-refractivity contribution in [2.24, 2.45) is 5.92 Å². The maximum atomic E-state index is 14.0. The normalized spacial score (nSPS) is 20.0. The minimum atomic E-state index is -0.292. The topological polar surface area (TPSA) is 65.5 Å². The smallest absolute Gasteiger partial charge is 0.227 e. The molecule has 2 saturated heterocycles. The second kappa shape index (κ2) is 8.14. The molecule has 0 N–H and O–H groups in total. The second-order valence-electron chi connectivity index (χ2n) is 7.73. The number of rotatable bonds is 3. The zero-order chi connectivity index (χ0) is 20.5. The van der Waals surface area contributed by atoms with Crippen LogP contribution in [0.3, 0.4) is 0 Å². The number of carbonyl (C=O) groups excluding carboxylic acids is 1. The molecule has 7 nitrogen and oxygen atoms in total. The van der Waals surface area contributed by atoms with Gasteiger partial charge in [-0.1, -0.05) is 17.4 Å². The Hall–Kier alpha value is -2.81. The van der Waals surface area contributed by atoms with Gasteiger partial charge >= 0.3 is 0 Å². The third-order valence-corrected chi connectivity index (χ3v) is 6.91. The Bertz CT molecular complexity index is 1040. The van der Waals surface area contributed by atoms with Crippen LogP contribution in [-0.4, -0.2) is 65.0 Å². The lowest BCUT2D eigenvalue weighted by Crippen LogP contribution is -2.53. The number of benzene rings is 1. The molecule has 156 valence electrons. The average Bonchev–Trinajstić information content (AvgIpc) is 3.25. The summed E-state index contributed by atoms with van der Waals surface area (Å²) in [4.78, 5) is 32.5. The number of piperidine rings is 1. The Labute approximate surface area is 178 Å². The molecule has 30 heavy (non-hydrogen) atoms. The van der Waals surface area contributed by atoms with Crippen LogP contribution in [0, 0.1) is 11.7 Å². The van der Waals surface area contributed by atoms with Crippen LogP contribution >= 0.6 is 11.3 Å². The molecule has 2 aromatic heterocycles. The maximum absolute atomic E-state index is 14.0. The van der Waals surface area contributed by atoms with Gasteiger partial charge in [0, 0.05) is 51.7 Å². The molecule has 0 spiro atoms. The molecule has 5 rings (SSSR count). The van der Waals surface area contributed by atoms with Gasteiger partial charge in [0.05, 0.1) is 10.6 Å². The minimum Gasteiger partial charge on any atom is -0.347 e. The summed E-state index contributed by atoms with van der Waals surface area (Å²) in [5.41, 5.74) is 0.421. The van der Waals surface area contributed by atoms with Crippen LogP contribution in [0.1, 0.15) is 12.8 Å².